The highest BCUT2D eigenvalue weighted by Crippen LogP contribution is 2.28. The summed E-state index contributed by atoms with van der Waals surface area (Å²) in [5.41, 5.74) is -0.855. The summed E-state index contributed by atoms with van der Waals surface area (Å²) in [7, 11) is 1.23. The van der Waals surface area contributed by atoms with Gasteiger partial charge in [-0.15, -0.1) is 0 Å². The number of hydrogen-bond donors (Lipinski definition) is 2. The summed E-state index contributed by atoms with van der Waals surface area (Å²) in [5.74, 6) is -4.15. The van der Waals surface area contributed by atoms with Gasteiger partial charge in [-0.05, 0) is 30.7 Å². The number of hydrogen-bond acceptors (Lipinski definition) is 6. The number of anilines is 1. The van der Waals surface area contributed by atoms with Crippen LogP contribution in [0, 0.1) is 11.6 Å². The third-order valence-electron chi connectivity index (χ3n) is 5.41. The highest BCUT2D eigenvalue weighted by atomic mass is 19.3. The van der Waals surface area contributed by atoms with Crippen molar-refractivity contribution in [2.75, 3.05) is 25.5 Å². The smallest absolute Gasteiger partial charge is 0.387 e. The van der Waals surface area contributed by atoms with E-state index in [4.69, 9.17) is 4.74 Å². The van der Waals surface area contributed by atoms with Gasteiger partial charge in [0.25, 0.3) is 11.8 Å². The van der Waals surface area contributed by atoms with E-state index in [0.29, 0.717) is 6.42 Å². The van der Waals surface area contributed by atoms with Crippen LogP contribution in [0.25, 0.3) is 5.69 Å². The normalized spacial score (nSPS) is 15.3. The molecule has 190 valence electrons. The van der Waals surface area contributed by atoms with Crippen LogP contribution in [0.4, 0.5) is 23.5 Å². The van der Waals surface area contributed by atoms with Gasteiger partial charge in [-0.1, -0.05) is 0 Å². The number of nitrogens with zero attached hydrogens (tertiary/aromatic N) is 3. The SMILES string of the molecule is COc1cc(F)c(-n2cc(C(=O)N3CC[C@H](O)C3)nc2NC(=O)c2ccc(OC(F)F)cc2)c(F)c1. The fourth-order valence-corrected chi connectivity index (χ4v) is 3.68. The number of carbonyl (C=O) groups excluding carboxylic acids is 2. The third kappa shape index (κ3) is 5.25. The van der Waals surface area contributed by atoms with E-state index < -0.39 is 41.9 Å². The Morgan fingerprint density at radius 1 is 1.14 bits per heavy atom. The van der Waals surface area contributed by atoms with Crippen LogP contribution in [0.2, 0.25) is 0 Å². The third-order valence-corrected chi connectivity index (χ3v) is 5.41. The molecule has 0 bridgehead atoms. The number of alkyl halides is 2. The van der Waals surface area contributed by atoms with Gasteiger partial charge in [0, 0.05) is 37.0 Å². The standard InChI is InChI=1S/C23H20F4N4O5/c1-35-15-8-16(24)19(17(25)9-15)31-11-18(21(34)30-7-6-13(32)10-30)28-23(31)29-20(33)12-2-4-14(5-3-12)36-22(26)27/h2-5,8-9,11,13,22,32H,6-7,10H2,1H3,(H,28,29,33)/t13-/m0/s1. The zero-order valence-corrected chi connectivity index (χ0v) is 18.8. The fourth-order valence-electron chi connectivity index (χ4n) is 3.68. The quantitative estimate of drug-likeness (QED) is 0.475. The minimum Gasteiger partial charge on any atom is -0.497 e. The number of imidazole rings is 1. The first-order valence-electron chi connectivity index (χ1n) is 10.6. The number of likely N-dealkylation sites (tertiary alicyclic amines) is 1. The van der Waals surface area contributed by atoms with Gasteiger partial charge in [0.2, 0.25) is 5.95 Å². The van der Waals surface area contributed by atoms with E-state index in [1.807, 2.05) is 0 Å². The van der Waals surface area contributed by atoms with Crippen molar-refractivity contribution < 1.29 is 41.7 Å². The van der Waals surface area contributed by atoms with Crippen LogP contribution in [0.15, 0.2) is 42.6 Å². The van der Waals surface area contributed by atoms with Crippen LogP contribution >= 0.6 is 0 Å². The molecule has 0 saturated carbocycles. The summed E-state index contributed by atoms with van der Waals surface area (Å²) in [4.78, 5) is 31.1. The zero-order valence-electron chi connectivity index (χ0n) is 18.8. The Kier molecular flexibility index (Phi) is 7.10. The van der Waals surface area contributed by atoms with Crippen molar-refractivity contribution in [1.82, 2.24) is 14.5 Å². The van der Waals surface area contributed by atoms with Gasteiger partial charge in [0.05, 0.1) is 13.2 Å². The summed E-state index contributed by atoms with van der Waals surface area (Å²) in [5, 5.41) is 12.1. The van der Waals surface area contributed by atoms with E-state index in [9.17, 15) is 32.3 Å². The maximum absolute atomic E-state index is 14.9. The summed E-state index contributed by atoms with van der Waals surface area (Å²) < 4.78 is 64.4. The van der Waals surface area contributed by atoms with Crippen molar-refractivity contribution in [1.29, 1.82) is 0 Å². The van der Waals surface area contributed by atoms with Crippen LogP contribution in [0.5, 0.6) is 11.5 Å². The predicted octanol–water partition coefficient (Wildman–Crippen LogP) is 3.22. The van der Waals surface area contributed by atoms with Crippen molar-refractivity contribution in [3.8, 4) is 17.2 Å². The van der Waals surface area contributed by atoms with Gasteiger partial charge in [-0.2, -0.15) is 8.78 Å². The largest absolute Gasteiger partial charge is 0.497 e. The van der Waals surface area contributed by atoms with Crippen LogP contribution in [0.3, 0.4) is 0 Å². The number of β-amino-alcohol motifs (C(OH)–C–C–N with tert-alkyl or cyclic N) is 1. The average molecular weight is 508 g/mol. The molecule has 0 radical (unpaired) electrons. The number of methoxy groups -OCH3 is 1. The number of amides is 2. The first kappa shape index (κ1) is 25.0. The lowest BCUT2D eigenvalue weighted by atomic mass is 10.2. The van der Waals surface area contributed by atoms with Gasteiger partial charge in [-0.25, -0.2) is 13.8 Å². The second-order valence-electron chi connectivity index (χ2n) is 7.81. The van der Waals surface area contributed by atoms with Gasteiger partial charge in [-0.3, -0.25) is 19.5 Å². The maximum Gasteiger partial charge on any atom is 0.387 e. The lowest BCUT2D eigenvalue weighted by Gasteiger charge is -2.13. The zero-order chi connectivity index (χ0) is 26.0. The highest BCUT2D eigenvalue weighted by Gasteiger charge is 2.29. The minimum absolute atomic E-state index is 0.00242. The van der Waals surface area contributed by atoms with Crippen molar-refractivity contribution in [2.45, 2.75) is 19.1 Å². The first-order valence-corrected chi connectivity index (χ1v) is 10.6. The molecule has 3 aromatic rings. The Morgan fingerprint density at radius 2 is 1.81 bits per heavy atom. The average Bonchev–Trinajstić information content (AvgIpc) is 3.44. The van der Waals surface area contributed by atoms with E-state index in [1.54, 1.807) is 0 Å². The highest BCUT2D eigenvalue weighted by molar-refractivity contribution is 6.04. The minimum atomic E-state index is -3.04. The number of carbonyl (C=O) groups is 2. The molecule has 2 N–H and O–H groups in total. The number of aromatic nitrogens is 2. The number of halogens is 4. The molecule has 0 aliphatic carbocycles. The van der Waals surface area contributed by atoms with Crippen LogP contribution in [-0.2, 0) is 0 Å². The molecule has 9 nitrogen and oxygen atoms in total. The Bertz CT molecular complexity index is 1260. The van der Waals surface area contributed by atoms with Gasteiger partial charge in [0.1, 0.15) is 22.9 Å². The Hall–Kier alpha value is -4.13. The second-order valence-corrected chi connectivity index (χ2v) is 7.81. The Morgan fingerprint density at radius 3 is 2.36 bits per heavy atom. The molecule has 36 heavy (non-hydrogen) atoms. The molecule has 1 aromatic heterocycles. The molecule has 2 heterocycles. The van der Waals surface area contributed by atoms with Gasteiger partial charge < -0.3 is 19.5 Å². The Balaban J connectivity index is 1.69. The van der Waals surface area contributed by atoms with Gasteiger partial charge >= 0.3 is 6.61 Å². The molecular formula is C23H20F4N4O5. The monoisotopic (exact) mass is 508 g/mol. The van der Waals surface area contributed by atoms with Crippen molar-refractivity contribution in [3.05, 3.63) is 65.5 Å². The molecule has 13 heteroatoms. The summed E-state index contributed by atoms with van der Waals surface area (Å²) in [6.07, 6.45) is 0.725. The lowest BCUT2D eigenvalue weighted by molar-refractivity contribution is -0.0498. The molecule has 2 aromatic carbocycles. The first-order chi connectivity index (χ1) is 17.2. The number of aliphatic hydroxyl groups excluding tert-OH is 1. The van der Waals surface area contributed by atoms with Crippen LogP contribution in [0.1, 0.15) is 27.3 Å². The predicted molar refractivity (Wildman–Crippen MR) is 118 cm³/mol. The molecule has 1 saturated heterocycles. The van der Waals surface area contributed by atoms with Gasteiger partial charge in [0.15, 0.2) is 11.6 Å². The lowest BCUT2D eigenvalue weighted by Crippen LogP contribution is -2.29. The fraction of sp³-hybridized carbons (Fsp3) is 0.261. The van der Waals surface area contributed by atoms with E-state index >= 15 is 0 Å². The number of benzene rings is 2. The summed E-state index contributed by atoms with van der Waals surface area (Å²) in [6.45, 7) is -2.72. The maximum atomic E-state index is 14.9. The number of aliphatic hydroxyl groups is 1. The molecular weight excluding hydrogens is 488 g/mol. The van der Waals surface area contributed by atoms with Crippen molar-refractivity contribution in [2.24, 2.45) is 0 Å². The second kappa shape index (κ2) is 10.2. The summed E-state index contributed by atoms with van der Waals surface area (Å²) >= 11 is 0. The van der Waals surface area contributed by atoms with Crippen LogP contribution in [-0.4, -0.2) is 64.3 Å². The van der Waals surface area contributed by atoms with E-state index in [2.05, 4.69) is 15.0 Å². The van der Waals surface area contributed by atoms with E-state index in [-0.39, 0.29) is 41.8 Å². The molecule has 1 aliphatic heterocycles. The molecule has 2 amide bonds. The molecule has 4 rings (SSSR count). The number of rotatable bonds is 7. The van der Waals surface area contributed by atoms with Crippen LogP contribution < -0.4 is 14.8 Å². The molecule has 0 spiro atoms. The van der Waals surface area contributed by atoms with Crippen molar-refractivity contribution in [3.63, 3.8) is 0 Å². The van der Waals surface area contributed by atoms with E-state index in [0.717, 1.165) is 35.0 Å². The number of nitrogens with one attached hydrogen (secondary N) is 1. The topological polar surface area (TPSA) is 106 Å². The number of ether oxygens (including phenoxy) is 2. The van der Waals surface area contributed by atoms with Crippen molar-refractivity contribution >= 4 is 17.8 Å². The summed E-state index contributed by atoms with van der Waals surface area (Å²) in [6, 6.07) is 6.53. The Labute approximate surface area is 201 Å². The molecule has 0 unspecified atom stereocenters. The molecule has 1 aliphatic rings. The molecule has 1 atom stereocenters. The van der Waals surface area contributed by atoms with E-state index in [1.165, 1.54) is 24.1 Å². The molecule has 1 fully saturated rings.